The lowest BCUT2D eigenvalue weighted by Crippen LogP contribution is -2.11. The van der Waals surface area contributed by atoms with Crippen molar-refractivity contribution in [3.8, 4) is 11.6 Å². The van der Waals surface area contributed by atoms with Gasteiger partial charge in [0, 0.05) is 11.1 Å². The summed E-state index contributed by atoms with van der Waals surface area (Å²) in [5.74, 6) is -0.697. The molecule has 0 aliphatic rings. The molecule has 0 atom stereocenters. The zero-order valence-electron chi connectivity index (χ0n) is 13.6. The summed E-state index contributed by atoms with van der Waals surface area (Å²) >= 11 is 6.05. The Morgan fingerprint density at radius 3 is 2.64 bits per heavy atom. The van der Waals surface area contributed by atoms with E-state index in [0.29, 0.717) is 16.6 Å². The van der Waals surface area contributed by atoms with Crippen LogP contribution < -0.4 is 4.74 Å². The molecule has 0 amide bonds. The van der Waals surface area contributed by atoms with Crippen molar-refractivity contribution in [1.82, 2.24) is 9.78 Å². The van der Waals surface area contributed by atoms with Gasteiger partial charge in [-0.3, -0.25) is 0 Å². The Hall–Kier alpha value is -2.66. The van der Waals surface area contributed by atoms with E-state index in [4.69, 9.17) is 16.3 Å². The smallest absolute Gasteiger partial charge is 0.344 e. The van der Waals surface area contributed by atoms with Gasteiger partial charge in [0.15, 0.2) is 0 Å². The van der Waals surface area contributed by atoms with Crippen LogP contribution >= 0.6 is 11.6 Å². The van der Waals surface area contributed by atoms with E-state index in [2.05, 4.69) is 5.10 Å². The Bertz CT molecular complexity index is 891. The molecule has 0 unspecified atom stereocenters. The molecule has 6 heteroatoms. The van der Waals surface area contributed by atoms with Crippen LogP contribution in [0.2, 0.25) is 5.02 Å². The minimum absolute atomic E-state index is 0.261. The quantitative estimate of drug-likeness (QED) is 0.613. The van der Waals surface area contributed by atoms with Crippen LogP contribution in [0, 0.1) is 5.82 Å². The summed E-state index contributed by atoms with van der Waals surface area (Å²) in [4.78, 5) is 12.3. The first kappa shape index (κ1) is 17.2. The number of hydrogen-bond acceptors (Lipinski definition) is 3. The predicted octanol–water partition coefficient (Wildman–Crippen LogP) is 4.84. The van der Waals surface area contributed by atoms with Gasteiger partial charge in [0.25, 0.3) is 0 Å². The highest BCUT2D eigenvalue weighted by Crippen LogP contribution is 2.23. The van der Waals surface area contributed by atoms with E-state index in [1.165, 1.54) is 28.9 Å². The number of hydrogen-bond donors (Lipinski definition) is 0. The molecule has 1 aromatic heterocycles. The molecule has 4 nitrogen and oxygen atoms in total. The maximum absolute atomic E-state index is 13.0. The van der Waals surface area contributed by atoms with Gasteiger partial charge in [-0.05, 0) is 48.9 Å². The standard InChI is InChI=1S/C19H16ClFN2O2/c1-2-4-16-12-18(23(22-16)17-6-3-5-14(20)11-17)25-19(24)13-7-9-15(21)10-8-13/h3,5-12H,2,4H2,1H3. The van der Waals surface area contributed by atoms with Gasteiger partial charge in [0.05, 0.1) is 16.9 Å². The highest BCUT2D eigenvalue weighted by Gasteiger charge is 2.16. The topological polar surface area (TPSA) is 44.1 Å². The molecule has 0 saturated carbocycles. The van der Waals surface area contributed by atoms with Gasteiger partial charge in [-0.2, -0.15) is 5.10 Å². The third-order valence-electron chi connectivity index (χ3n) is 3.56. The average molecular weight is 359 g/mol. The van der Waals surface area contributed by atoms with Crippen molar-refractivity contribution < 1.29 is 13.9 Å². The molecule has 0 aliphatic carbocycles. The maximum atomic E-state index is 13.0. The summed E-state index contributed by atoms with van der Waals surface area (Å²) in [5, 5.41) is 5.05. The molecule has 0 bridgehead atoms. The van der Waals surface area contributed by atoms with Gasteiger partial charge < -0.3 is 4.74 Å². The highest BCUT2D eigenvalue weighted by molar-refractivity contribution is 6.30. The minimum atomic E-state index is -0.578. The van der Waals surface area contributed by atoms with Crippen molar-refractivity contribution in [1.29, 1.82) is 0 Å². The Morgan fingerprint density at radius 1 is 1.20 bits per heavy atom. The molecule has 0 N–H and O–H groups in total. The number of benzene rings is 2. The van der Waals surface area contributed by atoms with Crippen LogP contribution in [0.1, 0.15) is 29.4 Å². The average Bonchev–Trinajstić information content (AvgIpc) is 2.98. The molecule has 25 heavy (non-hydrogen) atoms. The fourth-order valence-electron chi connectivity index (χ4n) is 2.39. The van der Waals surface area contributed by atoms with Crippen LogP contribution in [0.25, 0.3) is 5.69 Å². The Labute approximate surface area is 149 Å². The van der Waals surface area contributed by atoms with E-state index in [1.54, 1.807) is 24.3 Å². The Kier molecular flexibility index (Phi) is 5.14. The maximum Gasteiger partial charge on any atom is 0.344 e. The van der Waals surface area contributed by atoms with Gasteiger partial charge in [-0.25, -0.2) is 13.9 Å². The number of ether oxygens (including phenoxy) is 1. The van der Waals surface area contributed by atoms with Crippen LogP contribution in [0.4, 0.5) is 4.39 Å². The molecule has 0 fully saturated rings. The number of carbonyl (C=O) groups is 1. The van der Waals surface area contributed by atoms with E-state index < -0.39 is 11.8 Å². The first-order valence-corrected chi connectivity index (χ1v) is 8.27. The molecule has 0 aliphatic heterocycles. The highest BCUT2D eigenvalue weighted by atomic mass is 35.5. The number of esters is 1. The zero-order valence-corrected chi connectivity index (χ0v) is 14.3. The molecule has 0 saturated heterocycles. The molecule has 2 aromatic carbocycles. The van der Waals surface area contributed by atoms with Gasteiger partial charge in [-0.1, -0.05) is 31.0 Å². The second kappa shape index (κ2) is 7.49. The zero-order chi connectivity index (χ0) is 17.8. The van der Waals surface area contributed by atoms with Crippen LogP contribution in [0.15, 0.2) is 54.6 Å². The van der Waals surface area contributed by atoms with Crippen molar-refractivity contribution >= 4 is 17.6 Å². The van der Waals surface area contributed by atoms with Crippen molar-refractivity contribution in [3.63, 3.8) is 0 Å². The summed E-state index contributed by atoms with van der Waals surface area (Å²) in [5.41, 5.74) is 1.76. The van der Waals surface area contributed by atoms with Crippen LogP contribution in [0.3, 0.4) is 0 Å². The second-order valence-corrected chi connectivity index (χ2v) is 5.95. The summed E-state index contributed by atoms with van der Waals surface area (Å²) in [6, 6.07) is 14.0. The molecule has 3 aromatic rings. The Balaban J connectivity index is 1.94. The summed E-state index contributed by atoms with van der Waals surface area (Å²) in [6.45, 7) is 2.04. The van der Waals surface area contributed by atoms with E-state index in [0.717, 1.165) is 18.5 Å². The summed E-state index contributed by atoms with van der Waals surface area (Å²) in [7, 11) is 0. The van der Waals surface area contributed by atoms with Crippen molar-refractivity contribution in [2.75, 3.05) is 0 Å². The SMILES string of the molecule is CCCc1cc(OC(=O)c2ccc(F)cc2)n(-c2cccc(Cl)c2)n1. The monoisotopic (exact) mass is 358 g/mol. The summed E-state index contributed by atoms with van der Waals surface area (Å²) < 4.78 is 20.0. The summed E-state index contributed by atoms with van der Waals surface area (Å²) in [6.07, 6.45) is 1.67. The molecule has 0 spiro atoms. The lowest BCUT2D eigenvalue weighted by molar-refractivity contribution is 0.0723. The second-order valence-electron chi connectivity index (χ2n) is 5.51. The van der Waals surface area contributed by atoms with Crippen LogP contribution in [0.5, 0.6) is 5.88 Å². The van der Waals surface area contributed by atoms with E-state index in [1.807, 2.05) is 13.0 Å². The van der Waals surface area contributed by atoms with E-state index in [-0.39, 0.29) is 5.56 Å². The third-order valence-corrected chi connectivity index (χ3v) is 3.80. The predicted molar refractivity (Wildman–Crippen MR) is 93.9 cm³/mol. The lowest BCUT2D eigenvalue weighted by Gasteiger charge is -2.08. The van der Waals surface area contributed by atoms with Gasteiger partial charge in [0.2, 0.25) is 5.88 Å². The number of aromatic nitrogens is 2. The molecule has 0 radical (unpaired) electrons. The fraction of sp³-hybridized carbons (Fsp3) is 0.158. The number of nitrogens with zero attached hydrogens (tertiary/aromatic N) is 2. The molecular weight excluding hydrogens is 343 g/mol. The third kappa shape index (κ3) is 4.06. The van der Waals surface area contributed by atoms with E-state index >= 15 is 0 Å². The van der Waals surface area contributed by atoms with Crippen molar-refractivity contribution in [3.05, 3.63) is 76.7 Å². The van der Waals surface area contributed by atoms with Crippen molar-refractivity contribution in [2.45, 2.75) is 19.8 Å². The van der Waals surface area contributed by atoms with Gasteiger partial charge in [0.1, 0.15) is 5.82 Å². The fourth-order valence-corrected chi connectivity index (χ4v) is 2.58. The largest absolute Gasteiger partial charge is 0.404 e. The normalized spacial score (nSPS) is 10.7. The molecular formula is C19H16ClFN2O2. The van der Waals surface area contributed by atoms with Crippen LogP contribution in [-0.4, -0.2) is 15.7 Å². The first-order chi connectivity index (χ1) is 12.1. The number of rotatable bonds is 5. The number of halogens is 2. The molecule has 1 heterocycles. The Morgan fingerprint density at radius 2 is 1.96 bits per heavy atom. The molecule has 3 rings (SSSR count). The lowest BCUT2D eigenvalue weighted by atomic mass is 10.2. The van der Waals surface area contributed by atoms with Crippen LogP contribution in [-0.2, 0) is 6.42 Å². The first-order valence-electron chi connectivity index (χ1n) is 7.89. The van der Waals surface area contributed by atoms with E-state index in [9.17, 15) is 9.18 Å². The van der Waals surface area contributed by atoms with Crippen molar-refractivity contribution in [2.24, 2.45) is 0 Å². The minimum Gasteiger partial charge on any atom is -0.404 e. The number of aryl methyl sites for hydroxylation is 1. The number of carbonyl (C=O) groups excluding carboxylic acids is 1. The molecule has 128 valence electrons. The van der Waals surface area contributed by atoms with Gasteiger partial charge >= 0.3 is 5.97 Å². The van der Waals surface area contributed by atoms with Gasteiger partial charge in [-0.15, -0.1) is 0 Å².